The second kappa shape index (κ2) is 9.74. The van der Waals surface area contributed by atoms with E-state index in [2.05, 4.69) is 43.8 Å². The fourth-order valence-corrected chi connectivity index (χ4v) is 3.31. The third-order valence-electron chi connectivity index (χ3n) is 5.01. The Balaban J connectivity index is 1.18. The molecule has 0 unspecified atom stereocenters. The molecule has 2 heterocycles. The number of benzene rings is 3. The summed E-state index contributed by atoms with van der Waals surface area (Å²) in [5.41, 5.74) is 3.99. The highest BCUT2D eigenvalue weighted by molar-refractivity contribution is 5.78. The molecule has 0 saturated carbocycles. The third kappa shape index (κ3) is 5.40. The van der Waals surface area contributed by atoms with Crippen molar-refractivity contribution in [2.45, 2.75) is 13.2 Å². The van der Waals surface area contributed by atoms with Crippen molar-refractivity contribution in [2.24, 2.45) is 0 Å². The molecule has 2 aromatic heterocycles. The highest BCUT2D eigenvalue weighted by Gasteiger charge is 2.01. The van der Waals surface area contributed by atoms with Crippen LogP contribution in [0.25, 0.3) is 23.1 Å². The number of aromatic nitrogens is 5. The van der Waals surface area contributed by atoms with Crippen molar-refractivity contribution in [2.75, 3.05) is 0 Å². The number of pyridine rings is 1. The van der Waals surface area contributed by atoms with E-state index >= 15 is 0 Å². The van der Waals surface area contributed by atoms with E-state index in [9.17, 15) is 0 Å². The van der Waals surface area contributed by atoms with E-state index in [1.165, 1.54) is 0 Å². The number of H-pyrrole nitrogens is 1. The fourth-order valence-electron chi connectivity index (χ4n) is 3.31. The average Bonchev–Trinajstić information content (AvgIpc) is 3.40. The molecule has 5 aromatic rings. The monoisotopic (exact) mass is 435 g/mol. The highest BCUT2D eigenvalue weighted by Crippen LogP contribution is 2.19. The van der Waals surface area contributed by atoms with Crippen LogP contribution in [0.2, 0.25) is 0 Å². The van der Waals surface area contributed by atoms with Gasteiger partial charge in [0, 0.05) is 5.39 Å². The van der Waals surface area contributed by atoms with E-state index in [1.807, 2.05) is 78.9 Å². The van der Waals surface area contributed by atoms with Gasteiger partial charge in [0.15, 0.2) is 5.82 Å². The molecule has 0 bridgehead atoms. The van der Waals surface area contributed by atoms with E-state index in [0.29, 0.717) is 19.0 Å². The van der Waals surface area contributed by atoms with Crippen LogP contribution < -0.4 is 9.47 Å². The molecule has 0 radical (unpaired) electrons. The van der Waals surface area contributed by atoms with Gasteiger partial charge in [-0.05, 0) is 58.0 Å². The van der Waals surface area contributed by atoms with Gasteiger partial charge in [-0.15, -0.1) is 5.10 Å². The first kappa shape index (κ1) is 20.4. The summed E-state index contributed by atoms with van der Waals surface area (Å²) < 4.78 is 11.6. The molecular formula is C26H21N5O2. The third-order valence-corrected chi connectivity index (χ3v) is 5.01. The lowest BCUT2D eigenvalue weighted by molar-refractivity contribution is 0.296. The molecule has 3 aromatic carbocycles. The number of nitrogens with one attached hydrogen (secondary N) is 1. The quantitative estimate of drug-likeness (QED) is 0.342. The number of hydrogen-bond donors (Lipinski definition) is 1. The summed E-state index contributed by atoms with van der Waals surface area (Å²) in [6, 6.07) is 28.0. The topological polar surface area (TPSA) is 85.8 Å². The number of nitrogens with zero attached hydrogens (tertiary/aromatic N) is 4. The zero-order chi connectivity index (χ0) is 22.3. The number of ether oxygens (including phenoxy) is 2. The zero-order valence-corrected chi connectivity index (χ0v) is 17.8. The molecule has 1 N–H and O–H groups in total. The Morgan fingerprint density at radius 1 is 0.727 bits per heavy atom. The van der Waals surface area contributed by atoms with Crippen LogP contribution in [0, 0.1) is 0 Å². The molecule has 0 amide bonds. The maximum atomic E-state index is 5.98. The average molecular weight is 435 g/mol. The minimum Gasteiger partial charge on any atom is -0.487 e. The first-order chi connectivity index (χ1) is 16.3. The number of tetrazole rings is 1. The normalized spacial score (nSPS) is 11.2. The summed E-state index contributed by atoms with van der Waals surface area (Å²) in [7, 11) is 0. The lowest BCUT2D eigenvalue weighted by Crippen LogP contribution is -1.98. The van der Waals surface area contributed by atoms with Gasteiger partial charge in [0.05, 0.1) is 11.2 Å². The maximum absolute atomic E-state index is 5.98. The molecule has 0 atom stereocenters. The van der Waals surface area contributed by atoms with Crippen LogP contribution in [0.1, 0.15) is 22.6 Å². The Hall–Kier alpha value is -4.52. The SMILES string of the molecule is C(=C\c1cccc(OCc2ccc3ccccc3n2)c1)/c1ccc(OCc2nnn[nH]2)cc1. The summed E-state index contributed by atoms with van der Waals surface area (Å²) in [6.07, 6.45) is 4.10. The second-order valence-electron chi connectivity index (χ2n) is 7.40. The van der Waals surface area contributed by atoms with Gasteiger partial charge in [-0.1, -0.05) is 60.7 Å². The molecule has 0 aliphatic heterocycles. The summed E-state index contributed by atoms with van der Waals surface area (Å²) in [4.78, 5) is 4.66. The second-order valence-corrected chi connectivity index (χ2v) is 7.40. The first-order valence-electron chi connectivity index (χ1n) is 10.5. The first-order valence-corrected chi connectivity index (χ1v) is 10.5. The van der Waals surface area contributed by atoms with Gasteiger partial charge in [0.2, 0.25) is 0 Å². The molecule has 5 rings (SSSR count). The van der Waals surface area contributed by atoms with Crippen LogP contribution in [-0.2, 0) is 13.2 Å². The summed E-state index contributed by atoms with van der Waals surface area (Å²) in [5.74, 6) is 2.14. The van der Waals surface area contributed by atoms with E-state index in [1.54, 1.807) is 0 Å². The van der Waals surface area contributed by atoms with E-state index < -0.39 is 0 Å². The fraction of sp³-hybridized carbons (Fsp3) is 0.0769. The number of para-hydroxylation sites is 1. The molecule has 33 heavy (non-hydrogen) atoms. The van der Waals surface area contributed by atoms with E-state index in [4.69, 9.17) is 9.47 Å². The molecule has 0 aliphatic carbocycles. The standard InChI is InChI=1S/C26H21N5O2/c1-2-7-25-21(5-1)12-13-22(27-25)17-32-24-6-3-4-20(16-24)9-8-19-10-14-23(15-11-19)33-18-26-28-30-31-29-26/h1-16H,17-18H2,(H,28,29,30,31)/b9-8+. The van der Waals surface area contributed by atoms with Crippen LogP contribution in [0.3, 0.4) is 0 Å². The maximum Gasteiger partial charge on any atom is 0.186 e. The molecule has 162 valence electrons. The molecule has 0 spiro atoms. The van der Waals surface area contributed by atoms with Crippen molar-refractivity contribution in [3.63, 3.8) is 0 Å². The Morgan fingerprint density at radius 3 is 2.45 bits per heavy atom. The van der Waals surface area contributed by atoms with Crippen LogP contribution >= 0.6 is 0 Å². The van der Waals surface area contributed by atoms with E-state index in [-0.39, 0.29) is 0 Å². The summed E-state index contributed by atoms with van der Waals surface area (Å²) in [6.45, 7) is 0.716. The van der Waals surface area contributed by atoms with Gasteiger partial charge in [0.1, 0.15) is 24.7 Å². The van der Waals surface area contributed by atoms with Crippen molar-refractivity contribution in [1.29, 1.82) is 0 Å². The summed E-state index contributed by atoms with van der Waals surface area (Å²) >= 11 is 0. The summed E-state index contributed by atoms with van der Waals surface area (Å²) in [5, 5.41) is 14.6. The van der Waals surface area contributed by atoms with Crippen molar-refractivity contribution >= 4 is 23.1 Å². The number of rotatable bonds is 8. The van der Waals surface area contributed by atoms with Crippen LogP contribution in [0.4, 0.5) is 0 Å². The Bertz CT molecular complexity index is 1370. The zero-order valence-electron chi connectivity index (χ0n) is 17.8. The van der Waals surface area contributed by atoms with Gasteiger partial charge in [-0.2, -0.15) is 0 Å². The van der Waals surface area contributed by atoms with Gasteiger partial charge in [0.25, 0.3) is 0 Å². The number of hydrogen-bond acceptors (Lipinski definition) is 6. The van der Waals surface area contributed by atoms with Crippen LogP contribution in [-0.4, -0.2) is 25.6 Å². The van der Waals surface area contributed by atoms with Crippen molar-refractivity contribution in [3.05, 3.63) is 108 Å². The lowest BCUT2D eigenvalue weighted by atomic mass is 10.1. The smallest absolute Gasteiger partial charge is 0.186 e. The predicted molar refractivity (Wildman–Crippen MR) is 126 cm³/mol. The molecule has 7 nitrogen and oxygen atoms in total. The molecular weight excluding hydrogens is 414 g/mol. The Labute approximate surface area is 190 Å². The highest BCUT2D eigenvalue weighted by atomic mass is 16.5. The van der Waals surface area contributed by atoms with Crippen molar-refractivity contribution < 1.29 is 9.47 Å². The van der Waals surface area contributed by atoms with E-state index in [0.717, 1.165) is 39.2 Å². The van der Waals surface area contributed by atoms with Gasteiger partial charge < -0.3 is 9.47 Å². The Morgan fingerprint density at radius 2 is 1.58 bits per heavy atom. The molecule has 0 fully saturated rings. The van der Waals surface area contributed by atoms with Gasteiger partial charge in [-0.25, -0.2) is 10.1 Å². The largest absolute Gasteiger partial charge is 0.487 e. The molecule has 7 heteroatoms. The lowest BCUT2D eigenvalue weighted by Gasteiger charge is -2.07. The predicted octanol–water partition coefficient (Wildman–Crippen LogP) is 5.08. The minimum absolute atomic E-state index is 0.295. The molecule has 0 saturated heterocycles. The number of fused-ring (bicyclic) bond motifs is 1. The van der Waals surface area contributed by atoms with Gasteiger partial charge >= 0.3 is 0 Å². The van der Waals surface area contributed by atoms with Gasteiger partial charge in [-0.3, -0.25) is 0 Å². The Kier molecular flexibility index (Phi) is 6.02. The van der Waals surface area contributed by atoms with Crippen molar-refractivity contribution in [1.82, 2.24) is 25.6 Å². The minimum atomic E-state index is 0.295. The van der Waals surface area contributed by atoms with Crippen LogP contribution in [0.15, 0.2) is 84.9 Å². The van der Waals surface area contributed by atoms with Crippen LogP contribution in [0.5, 0.6) is 11.5 Å². The number of aromatic amines is 1. The van der Waals surface area contributed by atoms with Crippen molar-refractivity contribution in [3.8, 4) is 11.5 Å². The molecule has 0 aliphatic rings.